The van der Waals surface area contributed by atoms with E-state index >= 15 is 0 Å². The third-order valence-electron chi connectivity index (χ3n) is 3.59. The predicted molar refractivity (Wildman–Crippen MR) is 77.7 cm³/mol. The number of hydrogen-bond donors (Lipinski definition) is 2. The number of aromatic nitrogens is 4. The molecular formula is C14H18N6O. The van der Waals surface area contributed by atoms with Gasteiger partial charge in [0.1, 0.15) is 5.82 Å². The van der Waals surface area contributed by atoms with Crippen LogP contribution in [0.4, 0.5) is 10.5 Å². The molecule has 0 bridgehead atoms. The number of hydrogen-bond acceptors (Lipinski definition) is 4. The highest BCUT2D eigenvalue weighted by Gasteiger charge is 2.30. The monoisotopic (exact) mass is 286 g/mol. The van der Waals surface area contributed by atoms with Crippen molar-refractivity contribution < 1.29 is 4.79 Å². The number of piperidine rings is 1. The maximum atomic E-state index is 12.5. The third kappa shape index (κ3) is 3.01. The second-order valence-corrected chi connectivity index (χ2v) is 5.16. The number of rotatable bonds is 2. The average molecular weight is 286 g/mol. The summed E-state index contributed by atoms with van der Waals surface area (Å²) in [5.74, 6) is 1.46. The van der Waals surface area contributed by atoms with Gasteiger partial charge < -0.3 is 10.2 Å². The third-order valence-corrected chi connectivity index (χ3v) is 3.59. The smallest absolute Gasteiger partial charge is 0.314 e. The van der Waals surface area contributed by atoms with E-state index in [1.165, 1.54) is 0 Å². The van der Waals surface area contributed by atoms with Crippen molar-refractivity contribution in [2.24, 2.45) is 0 Å². The molecule has 0 aliphatic carbocycles. The van der Waals surface area contributed by atoms with Crippen LogP contribution in [0.2, 0.25) is 0 Å². The molecule has 110 valence electrons. The number of pyridine rings is 1. The van der Waals surface area contributed by atoms with Crippen LogP contribution in [-0.2, 0) is 0 Å². The van der Waals surface area contributed by atoms with Crippen molar-refractivity contribution in [1.29, 1.82) is 0 Å². The Balaban J connectivity index is 1.76. The van der Waals surface area contributed by atoms with Crippen LogP contribution in [-0.4, -0.2) is 37.6 Å². The summed E-state index contributed by atoms with van der Waals surface area (Å²) < 4.78 is 0. The maximum absolute atomic E-state index is 12.5. The van der Waals surface area contributed by atoms with E-state index in [1.807, 2.05) is 13.0 Å². The molecular weight excluding hydrogens is 268 g/mol. The Bertz CT molecular complexity index is 611. The number of urea groups is 1. The number of H-pyrrole nitrogens is 1. The molecule has 3 heterocycles. The fourth-order valence-corrected chi connectivity index (χ4v) is 2.58. The van der Waals surface area contributed by atoms with Gasteiger partial charge in [-0.25, -0.2) is 9.78 Å². The summed E-state index contributed by atoms with van der Waals surface area (Å²) in [5.41, 5.74) is 0.693. The number of aromatic amines is 1. The fourth-order valence-electron chi connectivity index (χ4n) is 2.58. The second-order valence-electron chi connectivity index (χ2n) is 5.16. The van der Waals surface area contributed by atoms with Gasteiger partial charge in [-0.15, -0.1) is 0 Å². The van der Waals surface area contributed by atoms with Crippen molar-refractivity contribution in [3.8, 4) is 0 Å². The fraction of sp³-hybridized carbons (Fsp3) is 0.429. The van der Waals surface area contributed by atoms with Gasteiger partial charge in [0.2, 0.25) is 0 Å². The molecule has 0 spiro atoms. The summed E-state index contributed by atoms with van der Waals surface area (Å²) in [7, 11) is 0. The number of amides is 2. The number of nitrogens with zero attached hydrogens (tertiary/aromatic N) is 4. The first-order chi connectivity index (χ1) is 10.2. The predicted octanol–water partition coefficient (Wildman–Crippen LogP) is 2.27. The molecule has 0 saturated carbocycles. The van der Waals surface area contributed by atoms with Gasteiger partial charge >= 0.3 is 6.03 Å². The van der Waals surface area contributed by atoms with Crippen LogP contribution < -0.4 is 5.32 Å². The minimum absolute atomic E-state index is 0.0691. The minimum Gasteiger partial charge on any atom is -0.314 e. The van der Waals surface area contributed by atoms with Crippen LogP contribution in [0.3, 0.4) is 0 Å². The Hall–Kier alpha value is -2.44. The lowest BCUT2D eigenvalue weighted by Crippen LogP contribution is -2.41. The standard InChI is InChI=1S/C14H18N6O/c1-10-16-13(19-18-10)12-6-2-3-8-20(12)14(21)17-11-5-4-7-15-9-11/h4-5,7,9,12H,2-3,6,8H2,1H3,(H,17,21)(H,16,18,19)/t12-/m1/s1. The maximum Gasteiger partial charge on any atom is 0.322 e. The van der Waals surface area contributed by atoms with Crippen LogP contribution in [0.5, 0.6) is 0 Å². The molecule has 0 aromatic carbocycles. The number of carbonyl (C=O) groups excluding carboxylic acids is 1. The van der Waals surface area contributed by atoms with E-state index in [-0.39, 0.29) is 12.1 Å². The van der Waals surface area contributed by atoms with E-state index in [9.17, 15) is 4.79 Å². The first kappa shape index (κ1) is 13.5. The topological polar surface area (TPSA) is 86.8 Å². The number of nitrogens with one attached hydrogen (secondary N) is 2. The van der Waals surface area contributed by atoms with Crippen molar-refractivity contribution in [2.75, 3.05) is 11.9 Å². The molecule has 1 fully saturated rings. The Morgan fingerprint density at radius 1 is 1.48 bits per heavy atom. The van der Waals surface area contributed by atoms with Gasteiger partial charge in [0.15, 0.2) is 5.82 Å². The highest BCUT2D eigenvalue weighted by Crippen LogP contribution is 2.29. The summed E-state index contributed by atoms with van der Waals surface area (Å²) in [4.78, 5) is 22.7. The van der Waals surface area contributed by atoms with Gasteiger partial charge in [-0.3, -0.25) is 10.1 Å². The van der Waals surface area contributed by atoms with Gasteiger partial charge in [-0.1, -0.05) is 0 Å². The van der Waals surface area contributed by atoms with Crippen LogP contribution in [0.25, 0.3) is 0 Å². The molecule has 2 aromatic heterocycles. The van der Waals surface area contributed by atoms with Crippen LogP contribution in [0, 0.1) is 6.92 Å². The van der Waals surface area contributed by atoms with E-state index in [1.54, 1.807) is 23.4 Å². The molecule has 0 unspecified atom stereocenters. The first-order valence-electron chi connectivity index (χ1n) is 7.10. The molecule has 1 atom stereocenters. The molecule has 2 amide bonds. The lowest BCUT2D eigenvalue weighted by molar-refractivity contribution is 0.159. The zero-order valence-corrected chi connectivity index (χ0v) is 11.9. The van der Waals surface area contributed by atoms with Crippen LogP contribution >= 0.6 is 0 Å². The number of anilines is 1. The normalized spacial score (nSPS) is 18.5. The van der Waals surface area contributed by atoms with E-state index in [0.29, 0.717) is 18.1 Å². The summed E-state index contributed by atoms with van der Waals surface area (Å²) >= 11 is 0. The number of likely N-dealkylation sites (tertiary alicyclic amines) is 1. The molecule has 7 nitrogen and oxygen atoms in total. The van der Waals surface area contributed by atoms with Gasteiger partial charge in [0.25, 0.3) is 0 Å². The van der Waals surface area contributed by atoms with Crippen molar-refractivity contribution in [3.63, 3.8) is 0 Å². The summed E-state index contributed by atoms with van der Waals surface area (Å²) in [6.07, 6.45) is 6.27. The lowest BCUT2D eigenvalue weighted by Gasteiger charge is -2.33. The van der Waals surface area contributed by atoms with Crippen molar-refractivity contribution in [1.82, 2.24) is 25.1 Å². The molecule has 2 N–H and O–H groups in total. The van der Waals surface area contributed by atoms with Gasteiger partial charge in [-0.05, 0) is 38.3 Å². The van der Waals surface area contributed by atoms with Gasteiger partial charge in [0, 0.05) is 12.7 Å². The lowest BCUT2D eigenvalue weighted by atomic mass is 10.0. The van der Waals surface area contributed by atoms with E-state index < -0.39 is 0 Å². The summed E-state index contributed by atoms with van der Waals surface area (Å²) in [6.45, 7) is 2.57. The number of carbonyl (C=O) groups is 1. The number of aryl methyl sites for hydroxylation is 1. The Kier molecular flexibility index (Phi) is 3.81. The Morgan fingerprint density at radius 2 is 2.38 bits per heavy atom. The van der Waals surface area contributed by atoms with E-state index in [0.717, 1.165) is 25.1 Å². The largest absolute Gasteiger partial charge is 0.322 e. The first-order valence-corrected chi connectivity index (χ1v) is 7.10. The molecule has 1 saturated heterocycles. The highest BCUT2D eigenvalue weighted by molar-refractivity contribution is 5.89. The average Bonchev–Trinajstić information content (AvgIpc) is 2.95. The highest BCUT2D eigenvalue weighted by atomic mass is 16.2. The van der Waals surface area contributed by atoms with Crippen LogP contribution in [0.15, 0.2) is 24.5 Å². The summed E-state index contributed by atoms with van der Waals surface area (Å²) in [5, 5.41) is 9.93. The van der Waals surface area contributed by atoms with Crippen molar-refractivity contribution >= 4 is 11.7 Å². The molecule has 3 rings (SSSR count). The van der Waals surface area contributed by atoms with E-state index in [2.05, 4.69) is 25.5 Å². The van der Waals surface area contributed by atoms with Crippen molar-refractivity contribution in [2.45, 2.75) is 32.2 Å². The molecule has 1 aliphatic rings. The Labute approximate surface area is 122 Å². The molecule has 7 heteroatoms. The zero-order chi connectivity index (χ0) is 14.7. The van der Waals surface area contributed by atoms with Gasteiger partial charge in [0.05, 0.1) is 17.9 Å². The summed E-state index contributed by atoms with van der Waals surface area (Å²) in [6, 6.07) is 3.42. The molecule has 1 aliphatic heterocycles. The second kappa shape index (κ2) is 5.90. The van der Waals surface area contributed by atoms with Crippen LogP contribution in [0.1, 0.15) is 37.0 Å². The molecule has 21 heavy (non-hydrogen) atoms. The molecule has 2 aromatic rings. The van der Waals surface area contributed by atoms with Crippen molar-refractivity contribution in [3.05, 3.63) is 36.2 Å². The Morgan fingerprint density at radius 3 is 3.10 bits per heavy atom. The zero-order valence-electron chi connectivity index (χ0n) is 11.9. The minimum atomic E-state index is -0.129. The SMILES string of the molecule is Cc1nc([C@H]2CCCCN2C(=O)Nc2cccnc2)n[nH]1. The molecule has 0 radical (unpaired) electrons. The van der Waals surface area contributed by atoms with E-state index in [4.69, 9.17) is 0 Å². The van der Waals surface area contributed by atoms with Gasteiger partial charge in [-0.2, -0.15) is 5.10 Å². The quantitative estimate of drug-likeness (QED) is 0.886.